The van der Waals surface area contributed by atoms with Crippen LogP contribution >= 0.6 is 31.9 Å². The third-order valence-electron chi connectivity index (χ3n) is 2.78. The first-order chi connectivity index (χ1) is 9.49. The molecule has 0 spiro atoms. The van der Waals surface area contributed by atoms with Crippen molar-refractivity contribution in [1.29, 1.82) is 0 Å². The van der Waals surface area contributed by atoms with Gasteiger partial charge in [0.25, 0.3) is 5.69 Å². The Labute approximate surface area is 133 Å². The van der Waals surface area contributed by atoms with Crippen LogP contribution in [-0.2, 0) is 6.61 Å². The molecule has 0 atom stereocenters. The van der Waals surface area contributed by atoms with E-state index in [2.05, 4.69) is 31.9 Å². The highest BCUT2D eigenvalue weighted by Crippen LogP contribution is 2.29. The predicted molar refractivity (Wildman–Crippen MR) is 84.0 cm³/mol. The van der Waals surface area contributed by atoms with Crippen LogP contribution in [0.1, 0.15) is 11.1 Å². The zero-order valence-electron chi connectivity index (χ0n) is 10.6. The number of hydrogen-bond donors (Lipinski definition) is 0. The highest BCUT2D eigenvalue weighted by molar-refractivity contribution is 9.11. The molecule has 0 unspecified atom stereocenters. The monoisotopic (exact) mass is 399 g/mol. The van der Waals surface area contributed by atoms with Crippen LogP contribution in [0.15, 0.2) is 45.3 Å². The van der Waals surface area contributed by atoms with Gasteiger partial charge in [0.2, 0.25) is 0 Å². The number of aryl methyl sites for hydroxylation is 1. The number of nitro benzene ring substituents is 1. The van der Waals surface area contributed by atoms with Crippen molar-refractivity contribution in [2.24, 2.45) is 0 Å². The van der Waals surface area contributed by atoms with Gasteiger partial charge >= 0.3 is 0 Å². The lowest BCUT2D eigenvalue weighted by Gasteiger charge is -2.09. The first kappa shape index (κ1) is 15.0. The van der Waals surface area contributed by atoms with Crippen molar-refractivity contribution in [2.75, 3.05) is 0 Å². The quantitative estimate of drug-likeness (QED) is 0.535. The van der Waals surface area contributed by atoms with Gasteiger partial charge < -0.3 is 4.74 Å². The second kappa shape index (κ2) is 6.37. The van der Waals surface area contributed by atoms with Crippen molar-refractivity contribution < 1.29 is 9.66 Å². The van der Waals surface area contributed by atoms with Crippen molar-refractivity contribution in [2.45, 2.75) is 13.5 Å². The smallest absolute Gasteiger partial charge is 0.283 e. The van der Waals surface area contributed by atoms with E-state index in [1.54, 1.807) is 12.1 Å². The molecule has 0 bridgehead atoms. The summed E-state index contributed by atoms with van der Waals surface area (Å²) in [4.78, 5) is 10.4. The number of rotatable bonds is 4. The average molecular weight is 401 g/mol. The van der Waals surface area contributed by atoms with Crippen LogP contribution in [0.2, 0.25) is 0 Å². The van der Waals surface area contributed by atoms with E-state index in [4.69, 9.17) is 4.74 Å². The summed E-state index contributed by atoms with van der Waals surface area (Å²) in [6.45, 7) is 2.24. The van der Waals surface area contributed by atoms with E-state index in [1.807, 2.05) is 25.1 Å². The highest BCUT2D eigenvalue weighted by atomic mass is 79.9. The minimum atomic E-state index is -0.419. The minimum absolute atomic E-state index is 0.0399. The second-order valence-corrected chi connectivity index (χ2v) is 5.85. The molecule has 0 aliphatic heterocycles. The molecule has 0 radical (unpaired) electrons. The van der Waals surface area contributed by atoms with Crippen molar-refractivity contribution >= 4 is 37.5 Å². The third-order valence-corrected chi connectivity index (χ3v) is 4.58. The Morgan fingerprint density at radius 2 is 2.00 bits per heavy atom. The van der Waals surface area contributed by atoms with E-state index in [1.165, 1.54) is 6.07 Å². The van der Waals surface area contributed by atoms with Crippen LogP contribution < -0.4 is 4.74 Å². The molecule has 0 N–H and O–H groups in total. The molecule has 0 saturated carbocycles. The lowest BCUT2D eigenvalue weighted by atomic mass is 10.2. The summed E-state index contributed by atoms with van der Waals surface area (Å²) in [7, 11) is 0. The number of nitro groups is 1. The Kier molecular flexibility index (Phi) is 4.77. The summed E-state index contributed by atoms with van der Waals surface area (Å²) in [6.07, 6.45) is 0. The molecular formula is C14H11Br2NO3. The van der Waals surface area contributed by atoms with E-state index >= 15 is 0 Å². The van der Waals surface area contributed by atoms with Gasteiger partial charge in [0.1, 0.15) is 16.8 Å². The summed E-state index contributed by atoms with van der Waals surface area (Å²) in [5, 5.41) is 10.9. The molecule has 4 nitrogen and oxygen atoms in total. The average Bonchev–Trinajstić information content (AvgIpc) is 2.41. The number of nitrogens with zero attached hydrogens (tertiary/aromatic N) is 1. The third kappa shape index (κ3) is 3.37. The van der Waals surface area contributed by atoms with Crippen LogP contribution in [-0.4, -0.2) is 4.92 Å². The fraction of sp³-hybridized carbons (Fsp3) is 0.143. The molecule has 20 heavy (non-hydrogen) atoms. The summed E-state index contributed by atoms with van der Waals surface area (Å²) in [5.41, 5.74) is 1.85. The Morgan fingerprint density at radius 1 is 1.25 bits per heavy atom. The Hall–Kier alpha value is -1.40. The van der Waals surface area contributed by atoms with E-state index in [0.29, 0.717) is 4.47 Å². The molecule has 0 heterocycles. The van der Waals surface area contributed by atoms with Gasteiger partial charge in [0, 0.05) is 16.1 Å². The van der Waals surface area contributed by atoms with E-state index in [9.17, 15) is 10.1 Å². The number of ether oxygens (including phenoxy) is 1. The maximum absolute atomic E-state index is 10.9. The first-order valence-electron chi connectivity index (χ1n) is 5.80. The normalized spacial score (nSPS) is 10.3. The lowest BCUT2D eigenvalue weighted by molar-refractivity contribution is -0.385. The van der Waals surface area contributed by atoms with Gasteiger partial charge in [0.15, 0.2) is 0 Å². The largest absolute Gasteiger partial charge is 0.489 e. The van der Waals surface area contributed by atoms with Crippen LogP contribution in [0.25, 0.3) is 0 Å². The zero-order chi connectivity index (χ0) is 14.7. The lowest BCUT2D eigenvalue weighted by Crippen LogP contribution is -1.99. The Balaban J connectivity index is 2.17. The zero-order valence-corrected chi connectivity index (χ0v) is 13.8. The molecule has 2 rings (SSSR count). The molecular weight excluding hydrogens is 390 g/mol. The van der Waals surface area contributed by atoms with Gasteiger partial charge in [-0.1, -0.05) is 28.1 Å². The van der Waals surface area contributed by atoms with Gasteiger partial charge in [-0.2, -0.15) is 0 Å². The predicted octanol–water partition coefficient (Wildman–Crippen LogP) is 5.01. The fourth-order valence-electron chi connectivity index (χ4n) is 1.69. The van der Waals surface area contributed by atoms with Gasteiger partial charge in [-0.05, 0) is 46.6 Å². The van der Waals surface area contributed by atoms with Crippen molar-refractivity contribution in [3.05, 3.63) is 66.6 Å². The van der Waals surface area contributed by atoms with Crippen LogP contribution in [0.5, 0.6) is 5.75 Å². The topological polar surface area (TPSA) is 52.4 Å². The molecule has 0 amide bonds. The maximum Gasteiger partial charge on any atom is 0.283 e. The van der Waals surface area contributed by atoms with Gasteiger partial charge in [-0.25, -0.2) is 0 Å². The van der Waals surface area contributed by atoms with Crippen molar-refractivity contribution in [3.8, 4) is 5.75 Å². The van der Waals surface area contributed by atoms with E-state index < -0.39 is 4.92 Å². The molecule has 0 saturated heterocycles. The van der Waals surface area contributed by atoms with E-state index in [0.717, 1.165) is 21.3 Å². The van der Waals surface area contributed by atoms with Gasteiger partial charge in [0.05, 0.1) is 4.92 Å². The highest BCUT2D eigenvalue weighted by Gasteiger charge is 2.15. The molecule has 2 aromatic rings. The van der Waals surface area contributed by atoms with E-state index in [-0.39, 0.29) is 12.3 Å². The molecule has 0 fully saturated rings. The summed E-state index contributed by atoms with van der Waals surface area (Å²) in [6, 6.07) is 10.6. The molecule has 0 aromatic heterocycles. The molecule has 0 aliphatic carbocycles. The minimum Gasteiger partial charge on any atom is -0.489 e. The van der Waals surface area contributed by atoms with Crippen LogP contribution in [0.4, 0.5) is 5.69 Å². The Morgan fingerprint density at radius 3 is 2.65 bits per heavy atom. The molecule has 104 valence electrons. The number of benzene rings is 2. The van der Waals surface area contributed by atoms with Crippen LogP contribution in [0, 0.1) is 17.0 Å². The summed E-state index contributed by atoms with van der Waals surface area (Å²) in [5.74, 6) is 0.726. The standard InChI is InChI=1S/C14H11Br2NO3/c1-9-7-11(5-6-12(9)15)20-8-10-3-2-4-13(14(10)16)17(18)19/h2-7H,8H2,1H3. The maximum atomic E-state index is 10.9. The summed E-state index contributed by atoms with van der Waals surface area (Å²) < 4.78 is 7.14. The van der Waals surface area contributed by atoms with Gasteiger partial charge in [-0.3, -0.25) is 10.1 Å². The Bertz CT molecular complexity index is 659. The molecule has 2 aromatic carbocycles. The molecule has 6 heteroatoms. The van der Waals surface area contributed by atoms with Crippen molar-refractivity contribution in [1.82, 2.24) is 0 Å². The first-order valence-corrected chi connectivity index (χ1v) is 7.38. The van der Waals surface area contributed by atoms with Crippen molar-refractivity contribution in [3.63, 3.8) is 0 Å². The SMILES string of the molecule is Cc1cc(OCc2cccc([N+](=O)[O-])c2Br)ccc1Br. The number of halogens is 2. The second-order valence-electron chi connectivity index (χ2n) is 4.21. The fourth-order valence-corrected chi connectivity index (χ4v) is 2.46. The van der Waals surface area contributed by atoms with Crippen LogP contribution in [0.3, 0.4) is 0 Å². The van der Waals surface area contributed by atoms with Gasteiger partial charge in [-0.15, -0.1) is 0 Å². The summed E-state index contributed by atoms with van der Waals surface area (Å²) >= 11 is 6.68. The molecule has 0 aliphatic rings. The number of hydrogen-bond acceptors (Lipinski definition) is 3.